The summed E-state index contributed by atoms with van der Waals surface area (Å²) >= 11 is 1.39. The smallest absolute Gasteiger partial charge is 0.252 e. The van der Waals surface area contributed by atoms with Crippen molar-refractivity contribution in [3.05, 3.63) is 60.3 Å². The summed E-state index contributed by atoms with van der Waals surface area (Å²) in [5, 5.41) is 4.60. The van der Waals surface area contributed by atoms with E-state index in [0.29, 0.717) is 29.4 Å². The zero-order chi connectivity index (χ0) is 21.9. The van der Waals surface area contributed by atoms with Gasteiger partial charge in [0.15, 0.2) is 0 Å². The topological polar surface area (TPSA) is 78.4 Å². The van der Waals surface area contributed by atoms with Crippen molar-refractivity contribution in [2.45, 2.75) is 23.9 Å². The van der Waals surface area contributed by atoms with Gasteiger partial charge in [-0.2, -0.15) is 0 Å². The van der Waals surface area contributed by atoms with Crippen LogP contribution in [-0.4, -0.2) is 64.7 Å². The van der Waals surface area contributed by atoms with Crippen molar-refractivity contribution in [1.82, 2.24) is 20.2 Å². The molecule has 2 aromatic heterocycles. The Morgan fingerprint density at radius 2 is 1.81 bits per heavy atom. The molecule has 0 unspecified atom stereocenters. The van der Waals surface area contributed by atoms with Crippen molar-refractivity contribution in [1.29, 1.82) is 0 Å². The largest absolute Gasteiger partial charge is 0.353 e. The molecular formula is C24H25N5O2S. The number of hydrogen-bond acceptors (Lipinski definition) is 6. The molecule has 1 N–H and O–H groups in total. The minimum atomic E-state index is -0.0649. The minimum Gasteiger partial charge on any atom is -0.353 e. The van der Waals surface area contributed by atoms with E-state index in [9.17, 15) is 9.59 Å². The van der Waals surface area contributed by atoms with E-state index in [0.717, 1.165) is 42.7 Å². The van der Waals surface area contributed by atoms with Gasteiger partial charge in [0, 0.05) is 43.8 Å². The van der Waals surface area contributed by atoms with Crippen LogP contribution < -0.4 is 10.2 Å². The van der Waals surface area contributed by atoms with E-state index >= 15 is 0 Å². The number of piperazine rings is 1. The molecule has 3 aromatic rings. The Kier molecular flexibility index (Phi) is 5.94. The standard InChI is InChI=1S/C24H25N5O2S/c30-23(29-13-11-28(12-14-29)21-7-3-4-10-25-21)16-32-22-15-19(24(31)26-17-8-9-17)18-5-1-2-6-20(18)27-22/h1-7,10,15,17H,8-9,11-14,16H2,(H,26,31). The molecule has 5 rings (SSSR count). The molecule has 0 atom stereocenters. The molecule has 1 aliphatic heterocycles. The molecule has 32 heavy (non-hydrogen) atoms. The third-order valence-electron chi connectivity index (χ3n) is 5.80. The number of hydrogen-bond donors (Lipinski definition) is 1. The molecule has 0 radical (unpaired) electrons. The highest BCUT2D eigenvalue weighted by molar-refractivity contribution is 7.99. The van der Waals surface area contributed by atoms with Gasteiger partial charge in [-0.05, 0) is 37.1 Å². The number of carbonyl (C=O) groups is 2. The Hall–Kier alpha value is -3.13. The molecule has 1 saturated heterocycles. The van der Waals surface area contributed by atoms with Crippen molar-refractivity contribution in [2.75, 3.05) is 36.8 Å². The van der Waals surface area contributed by atoms with Gasteiger partial charge in [0.1, 0.15) is 5.82 Å². The Balaban J connectivity index is 1.23. The highest BCUT2D eigenvalue weighted by Gasteiger charge is 2.25. The Bertz CT molecular complexity index is 1130. The van der Waals surface area contributed by atoms with Crippen LogP contribution in [0.2, 0.25) is 0 Å². The number of aromatic nitrogens is 2. The van der Waals surface area contributed by atoms with Gasteiger partial charge in [-0.25, -0.2) is 9.97 Å². The van der Waals surface area contributed by atoms with Gasteiger partial charge in [-0.15, -0.1) is 0 Å². The molecule has 2 amide bonds. The number of anilines is 1. The van der Waals surface area contributed by atoms with E-state index in [2.05, 4.69) is 20.2 Å². The fraction of sp³-hybridized carbons (Fsp3) is 0.333. The van der Waals surface area contributed by atoms with Crippen LogP contribution >= 0.6 is 11.8 Å². The molecule has 164 valence electrons. The lowest BCUT2D eigenvalue weighted by Crippen LogP contribution is -2.49. The number of carbonyl (C=O) groups excluding carboxylic acids is 2. The molecule has 7 nitrogen and oxygen atoms in total. The summed E-state index contributed by atoms with van der Waals surface area (Å²) in [6.45, 7) is 2.90. The van der Waals surface area contributed by atoms with E-state index in [4.69, 9.17) is 0 Å². The van der Waals surface area contributed by atoms with Gasteiger partial charge in [0.25, 0.3) is 5.91 Å². The third-order valence-corrected chi connectivity index (χ3v) is 6.70. The van der Waals surface area contributed by atoms with Crippen LogP contribution in [0.5, 0.6) is 0 Å². The highest BCUT2D eigenvalue weighted by atomic mass is 32.2. The number of nitrogens with zero attached hydrogens (tertiary/aromatic N) is 4. The van der Waals surface area contributed by atoms with Crippen LogP contribution in [0.1, 0.15) is 23.2 Å². The molecule has 0 spiro atoms. The normalized spacial score (nSPS) is 16.2. The van der Waals surface area contributed by atoms with Gasteiger partial charge in [-0.1, -0.05) is 36.0 Å². The number of pyridine rings is 2. The van der Waals surface area contributed by atoms with Crippen molar-refractivity contribution in [3.8, 4) is 0 Å². The Morgan fingerprint density at radius 1 is 1.03 bits per heavy atom. The predicted octanol–water partition coefficient (Wildman–Crippen LogP) is 2.96. The Morgan fingerprint density at radius 3 is 2.56 bits per heavy atom. The van der Waals surface area contributed by atoms with Crippen LogP contribution in [0.3, 0.4) is 0 Å². The molecule has 3 heterocycles. The van der Waals surface area contributed by atoms with Crippen LogP contribution in [-0.2, 0) is 4.79 Å². The van der Waals surface area contributed by atoms with Crippen LogP contribution in [0.15, 0.2) is 59.8 Å². The monoisotopic (exact) mass is 447 g/mol. The molecule has 1 saturated carbocycles. The van der Waals surface area contributed by atoms with E-state index < -0.39 is 0 Å². The van der Waals surface area contributed by atoms with Gasteiger partial charge in [0.05, 0.1) is 21.9 Å². The number of nitrogens with one attached hydrogen (secondary N) is 1. The first kappa shape index (κ1) is 20.8. The molecule has 1 aliphatic carbocycles. The number of fused-ring (bicyclic) bond motifs is 1. The average Bonchev–Trinajstić information content (AvgIpc) is 3.66. The first-order valence-electron chi connectivity index (χ1n) is 10.9. The lowest BCUT2D eigenvalue weighted by atomic mass is 10.1. The quantitative estimate of drug-likeness (QED) is 0.586. The summed E-state index contributed by atoms with van der Waals surface area (Å²) in [7, 11) is 0. The maximum absolute atomic E-state index is 12.8. The molecule has 0 bridgehead atoms. The number of thioether (sulfide) groups is 1. The van der Waals surface area contributed by atoms with Crippen molar-refractivity contribution in [2.24, 2.45) is 0 Å². The van der Waals surface area contributed by atoms with Crippen LogP contribution in [0.4, 0.5) is 5.82 Å². The van der Waals surface area contributed by atoms with E-state index in [1.165, 1.54) is 11.8 Å². The van der Waals surface area contributed by atoms with E-state index in [1.807, 2.05) is 53.4 Å². The number of rotatable bonds is 6. The summed E-state index contributed by atoms with van der Waals surface area (Å²) in [5.74, 6) is 1.28. The molecule has 1 aromatic carbocycles. The van der Waals surface area contributed by atoms with Crippen molar-refractivity contribution >= 4 is 40.3 Å². The van der Waals surface area contributed by atoms with Gasteiger partial charge < -0.3 is 15.1 Å². The maximum atomic E-state index is 12.8. The van der Waals surface area contributed by atoms with E-state index in [-0.39, 0.29) is 17.9 Å². The zero-order valence-corrected chi connectivity index (χ0v) is 18.6. The summed E-state index contributed by atoms with van der Waals surface area (Å²) in [4.78, 5) is 38.7. The fourth-order valence-electron chi connectivity index (χ4n) is 3.86. The second-order valence-electron chi connectivity index (χ2n) is 8.12. The molecule has 8 heteroatoms. The van der Waals surface area contributed by atoms with Gasteiger partial charge >= 0.3 is 0 Å². The summed E-state index contributed by atoms with van der Waals surface area (Å²) in [5.41, 5.74) is 1.40. The highest BCUT2D eigenvalue weighted by Crippen LogP contribution is 2.26. The molecule has 2 aliphatic rings. The second-order valence-corrected chi connectivity index (χ2v) is 9.11. The summed E-state index contributed by atoms with van der Waals surface area (Å²) in [6, 6.07) is 15.6. The maximum Gasteiger partial charge on any atom is 0.252 e. The number of benzene rings is 1. The van der Waals surface area contributed by atoms with Crippen molar-refractivity contribution < 1.29 is 9.59 Å². The molecule has 2 fully saturated rings. The van der Waals surface area contributed by atoms with Crippen molar-refractivity contribution in [3.63, 3.8) is 0 Å². The first-order valence-corrected chi connectivity index (χ1v) is 11.9. The number of amides is 2. The number of para-hydroxylation sites is 1. The molecular weight excluding hydrogens is 422 g/mol. The lowest BCUT2D eigenvalue weighted by Gasteiger charge is -2.35. The summed E-state index contributed by atoms with van der Waals surface area (Å²) in [6.07, 6.45) is 3.87. The Labute approximate surface area is 191 Å². The zero-order valence-electron chi connectivity index (χ0n) is 17.7. The summed E-state index contributed by atoms with van der Waals surface area (Å²) < 4.78 is 0. The minimum absolute atomic E-state index is 0.0649. The van der Waals surface area contributed by atoms with E-state index in [1.54, 1.807) is 6.20 Å². The van der Waals surface area contributed by atoms with Crippen LogP contribution in [0, 0.1) is 0 Å². The fourth-order valence-corrected chi connectivity index (χ4v) is 4.67. The second kappa shape index (κ2) is 9.16. The lowest BCUT2D eigenvalue weighted by molar-refractivity contribution is -0.128. The SMILES string of the molecule is O=C(NC1CC1)c1cc(SCC(=O)N2CCN(c3ccccn3)CC2)nc2ccccc12. The average molecular weight is 448 g/mol. The predicted molar refractivity (Wildman–Crippen MR) is 126 cm³/mol. The third kappa shape index (κ3) is 4.70. The van der Waals surface area contributed by atoms with Gasteiger partial charge in [0.2, 0.25) is 5.91 Å². The van der Waals surface area contributed by atoms with Crippen LogP contribution in [0.25, 0.3) is 10.9 Å². The first-order chi connectivity index (χ1) is 15.7. The van der Waals surface area contributed by atoms with Gasteiger partial charge in [-0.3, -0.25) is 9.59 Å².